The number of halogens is 2. The molecule has 8 heteroatoms. The van der Waals surface area contributed by atoms with Gasteiger partial charge in [0.15, 0.2) is 0 Å². The van der Waals surface area contributed by atoms with Gasteiger partial charge in [0, 0.05) is 17.4 Å². The summed E-state index contributed by atoms with van der Waals surface area (Å²) >= 11 is 9.53. The third-order valence-electron chi connectivity index (χ3n) is 3.92. The molecule has 1 aliphatic rings. The summed E-state index contributed by atoms with van der Waals surface area (Å²) in [4.78, 5) is 42.1. The van der Waals surface area contributed by atoms with Crippen molar-refractivity contribution in [2.24, 2.45) is 0 Å². The van der Waals surface area contributed by atoms with Crippen molar-refractivity contribution in [2.75, 3.05) is 13.2 Å². The maximum absolute atomic E-state index is 12.4. The van der Waals surface area contributed by atoms with E-state index in [4.69, 9.17) is 16.3 Å². The number of imide groups is 1. The molecule has 1 aromatic carbocycles. The van der Waals surface area contributed by atoms with Crippen molar-refractivity contribution < 1.29 is 19.1 Å². The van der Waals surface area contributed by atoms with Gasteiger partial charge in [0.05, 0.1) is 28.5 Å². The van der Waals surface area contributed by atoms with Crippen LogP contribution in [0.25, 0.3) is 0 Å². The van der Waals surface area contributed by atoms with E-state index in [2.05, 4.69) is 20.9 Å². The molecule has 0 bridgehead atoms. The van der Waals surface area contributed by atoms with Crippen molar-refractivity contribution in [2.45, 2.75) is 13.3 Å². The normalized spacial score (nSPS) is 13.1. The highest BCUT2D eigenvalue weighted by Crippen LogP contribution is 2.28. The van der Waals surface area contributed by atoms with Crippen LogP contribution in [0, 0.1) is 0 Å². The van der Waals surface area contributed by atoms with Crippen molar-refractivity contribution in [1.82, 2.24) is 9.88 Å². The van der Waals surface area contributed by atoms with Gasteiger partial charge in [-0.2, -0.15) is 0 Å². The zero-order valence-electron chi connectivity index (χ0n) is 13.8. The standard InChI is InChI=1S/C18H14BrClN2O4/c1-2-26-18(25)14-9-12(19)15(20)13(21-14)7-8-22-16(23)10-5-3-4-6-11(10)17(22)24/h3-6,9H,2,7-8H2,1H3. The molecule has 2 amide bonds. The Kier molecular flexibility index (Phi) is 5.38. The fourth-order valence-electron chi connectivity index (χ4n) is 2.68. The highest BCUT2D eigenvalue weighted by molar-refractivity contribution is 9.10. The first kappa shape index (κ1) is 18.5. The van der Waals surface area contributed by atoms with Gasteiger partial charge in [-0.25, -0.2) is 9.78 Å². The number of rotatable bonds is 5. The number of carbonyl (C=O) groups is 3. The first-order chi connectivity index (χ1) is 12.4. The van der Waals surface area contributed by atoms with E-state index < -0.39 is 5.97 Å². The fraction of sp³-hybridized carbons (Fsp3) is 0.222. The minimum atomic E-state index is -0.563. The van der Waals surface area contributed by atoms with Crippen LogP contribution in [-0.2, 0) is 11.2 Å². The average molecular weight is 438 g/mol. The number of esters is 1. The Labute approximate surface area is 163 Å². The monoisotopic (exact) mass is 436 g/mol. The molecule has 0 fully saturated rings. The van der Waals surface area contributed by atoms with Gasteiger partial charge >= 0.3 is 5.97 Å². The first-order valence-electron chi connectivity index (χ1n) is 7.91. The number of pyridine rings is 1. The topological polar surface area (TPSA) is 76.6 Å². The lowest BCUT2D eigenvalue weighted by atomic mass is 10.1. The Morgan fingerprint density at radius 3 is 2.42 bits per heavy atom. The Bertz CT molecular complexity index is 881. The molecule has 0 radical (unpaired) electrons. The third kappa shape index (κ3) is 3.37. The molecule has 1 aliphatic heterocycles. The van der Waals surface area contributed by atoms with E-state index in [0.717, 1.165) is 4.90 Å². The van der Waals surface area contributed by atoms with Gasteiger partial charge < -0.3 is 4.74 Å². The number of fused-ring (bicyclic) bond motifs is 1. The first-order valence-corrected chi connectivity index (χ1v) is 9.08. The van der Waals surface area contributed by atoms with E-state index in [1.807, 2.05) is 0 Å². The Morgan fingerprint density at radius 1 is 1.23 bits per heavy atom. The summed E-state index contributed by atoms with van der Waals surface area (Å²) in [6, 6.07) is 8.15. The van der Waals surface area contributed by atoms with Crippen LogP contribution in [0.4, 0.5) is 0 Å². The molecule has 2 heterocycles. The predicted molar refractivity (Wildman–Crippen MR) is 98.4 cm³/mol. The van der Waals surface area contributed by atoms with Gasteiger partial charge in [0.1, 0.15) is 5.69 Å². The summed E-state index contributed by atoms with van der Waals surface area (Å²) in [5, 5.41) is 0.328. The van der Waals surface area contributed by atoms with Crippen LogP contribution < -0.4 is 0 Å². The quantitative estimate of drug-likeness (QED) is 0.528. The second-order valence-corrected chi connectivity index (χ2v) is 6.76. The van der Waals surface area contributed by atoms with Crippen molar-refractivity contribution in [3.8, 4) is 0 Å². The molecule has 6 nitrogen and oxygen atoms in total. The van der Waals surface area contributed by atoms with Crippen LogP contribution in [0.5, 0.6) is 0 Å². The predicted octanol–water partition coefficient (Wildman–Crippen LogP) is 3.51. The van der Waals surface area contributed by atoms with E-state index in [1.54, 1.807) is 31.2 Å². The second kappa shape index (κ2) is 7.55. The number of nitrogens with zero attached hydrogens (tertiary/aromatic N) is 2. The molecular formula is C18H14BrClN2O4. The molecule has 0 saturated heterocycles. The molecular weight excluding hydrogens is 424 g/mol. The van der Waals surface area contributed by atoms with E-state index in [1.165, 1.54) is 6.07 Å². The molecule has 26 heavy (non-hydrogen) atoms. The summed E-state index contributed by atoms with van der Waals surface area (Å²) in [6.45, 7) is 2.04. The zero-order valence-corrected chi connectivity index (χ0v) is 16.1. The lowest BCUT2D eigenvalue weighted by molar-refractivity contribution is 0.0517. The van der Waals surface area contributed by atoms with Crippen LogP contribution in [-0.4, -0.2) is 40.8 Å². The number of carbonyl (C=O) groups excluding carboxylic acids is 3. The van der Waals surface area contributed by atoms with Crippen molar-refractivity contribution in [3.05, 3.63) is 62.3 Å². The van der Waals surface area contributed by atoms with Crippen LogP contribution in [0.15, 0.2) is 34.8 Å². The molecule has 0 N–H and O–H groups in total. The lowest BCUT2D eigenvalue weighted by Gasteiger charge is -2.15. The van der Waals surface area contributed by atoms with E-state index in [0.29, 0.717) is 26.3 Å². The van der Waals surface area contributed by atoms with E-state index in [9.17, 15) is 14.4 Å². The number of amides is 2. The van der Waals surface area contributed by atoms with Gasteiger partial charge in [0.2, 0.25) is 0 Å². The largest absolute Gasteiger partial charge is 0.461 e. The summed E-state index contributed by atoms with van der Waals surface area (Å²) in [5.41, 5.74) is 1.29. The minimum absolute atomic E-state index is 0.109. The second-order valence-electron chi connectivity index (χ2n) is 5.53. The Morgan fingerprint density at radius 2 is 1.85 bits per heavy atom. The number of benzene rings is 1. The van der Waals surface area contributed by atoms with Crippen LogP contribution in [0.1, 0.15) is 43.8 Å². The molecule has 0 saturated carbocycles. The smallest absolute Gasteiger partial charge is 0.356 e. The summed E-state index contributed by atoms with van der Waals surface area (Å²) in [5.74, 6) is -1.25. The van der Waals surface area contributed by atoms with Crippen molar-refractivity contribution in [1.29, 1.82) is 0 Å². The molecule has 3 rings (SSSR count). The van der Waals surface area contributed by atoms with Gasteiger partial charge in [-0.15, -0.1) is 0 Å². The number of hydrogen-bond donors (Lipinski definition) is 0. The molecule has 1 aromatic heterocycles. The molecule has 0 aliphatic carbocycles. The maximum Gasteiger partial charge on any atom is 0.356 e. The molecule has 0 spiro atoms. The summed E-state index contributed by atoms with van der Waals surface area (Å²) < 4.78 is 5.44. The number of aromatic nitrogens is 1. The Hall–Kier alpha value is -2.25. The lowest BCUT2D eigenvalue weighted by Crippen LogP contribution is -2.32. The van der Waals surface area contributed by atoms with Crippen LogP contribution in [0.2, 0.25) is 5.02 Å². The highest BCUT2D eigenvalue weighted by Gasteiger charge is 2.34. The van der Waals surface area contributed by atoms with Crippen LogP contribution >= 0.6 is 27.5 Å². The van der Waals surface area contributed by atoms with E-state index in [-0.39, 0.29) is 37.1 Å². The number of ether oxygens (including phenoxy) is 1. The number of hydrogen-bond acceptors (Lipinski definition) is 5. The third-order valence-corrected chi connectivity index (χ3v) is 5.19. The fourth-order valence-corrected chi connectivity index (χ4v) is 3.32. The van der Waals surface area contributed by atoms with Crippen LogP contribution in [0.3, 0.4) is 0 Å². The Balaban J connectivity index is 1.81. The maximum atomic E-state index is 12.4. The van der Waals surface area contributed by atoms with Crippen molar-refractivity contribution in [3.63, 3.8) is 0 Å². The summed E-state index contributed by atoms with van der Waals surface area (Å²) in [7, 11) is 0. The van der Waals surface area contributed by atoms with Gasteiger partial charge in [-0.05, 0) is 41.1 Å². The zero-order chi connectivity index (χ0) is 18.8. The van der Waals surface area contributed by atoms with E-state index >= 15 is 0 Å². The molecule has 2 aromatic rings. The molecule has 0 unspecified atom stereocenters. The van der Waals surface area contributed by atoms with Gasteiger partial charge in [0.25, 0.3) is 11.8 Å². The molecule has 134 valence electrons. The average Bonchev–Trinajstić information content (AvgIpc) is 2.87. The van der Waals surface area contributed by atoms with Gasteiger partial charge in [-0.3, -0.25) is 14.5 Å². The molecule has 0 atom stereocenters. The summed E-state index contributed by atoms with van der Waals surface area (Å²) in [6.07, 6.45) is 0.218. The SMILES string of the molecule is CCOC(=O)c1cc(Br)c(Cl)c(CCN2C(=O)c3ccccc3C2=O)n1. The highest BCUT2D eigenvalue weighted by atomic mass is 79.9. The van der Waals surface area contributed by atoms with Crippen molar-refractivity contribution >= 4 is 45.3 Å². The van der Waals surface area contributed by atoms with Gasteiger partial charge in [-0.1, -0.05) is 23.7 Å². The minimum Gasteiger partial charge on any atom is -0.461 e.